The molecule has 0 spiro atoms. The lowest BCUT2D eigenvalue weighted by Gasteiger charge is -1.96. The molecule has 0 saturated heterocycles. The molecule has 0 aliphatic rings. The van der Waals surface area contributed by atoms with E-state index in [1.54, 1.807) is 19.1 Å². The molecule has 1 aromatic carbocycles. The van der Waals surface area contributed by atoms with Crippen molar-refractivity contribution in [2.45, 2.75) is 6.92 Å². The van der Waals surface area contributed by atoms with Gasteiger partial charge in [-0.25, -0.2) is 4.39 Å². The molecule has 1 aromatic rings. The van der Waals surface area contributed by atoms with Gasteiger partial charge in [0.15, 0.2) is 0 Å². The number of hydrogen-bond acceptors (Lipinski definition) is 1. The van der Waals surface area contributed by atoms with Crippen molar-refractivity contribution in [2.75, 3.05) is 0 Å². The minimum absolute atomic E-state index is 0.193. The van der Waals surface area contributed by atoms with Crippen LogP contribution in [0.25, 0.3) is 0 Å². The van der Waals surface area contributed by atoms with Crippen LogP contribution in [0.2, 0.25) is 0 Å². The molecule has 0 bridgehead atoms. The van der Waals surface area contributed by atoms with Gasteiger partial charge in [-0.15, -0.1) is 0 Å². The second kappa shape index (κ2) is 3.72. The summed E-state index contributed by atoms with van der Waals surface area (Å²) < 4.78 is 13.2. The van der Waals surface area contributed by atoms with Crippen molar-refractivity contribution in [2.24, 2.45) is 5.73 Å². The third-order valence-corrected chi connectivity index (χ3v) is 1.51. The first-order valence-electron chi connectivity index (χ1n) is 3.68. The molecule has 0 aliphatic carbocycles. The van der Waals surface area contributed by atoms with Crippen molar-refractivity contribution in [3.8, 4) is 11.8 Å². The van der Waals surface area contributed by atoms with Gasteiger partial charge in [0.05, 0.1) is 5.56 Å². The third kappa shape index (κ3) is 2.31. The fraction of sp³-hybridized carbons (Fsp3) is 0.100. The lowest BCUT2D eigenvalue weighted by molar-refractivity contribution is -0.112. The quantitative estimate of drug-likeness (QED) is 0.589. The van der Waals surface area contributed by atoms with E-state index >= 15 is 0 Å². The van der Waals surface area contributed by atoms with Gasteiger partial charge >= 0.3 is 0 Å². The van der Waals surface area contributed by atoms with Crippen molar-refractivity contribution in [1.82, 2.24) is 0 Å². The molecule has 0 aromatic heterocycles. The van der Waals surface area contributed by atoms with Crippen molar-refractivity contribution in [1.29, 1.82) is 0 Å². The molecule has 2 nitrogen and oxygen atoms in total. The lowest BCUT2D eigenvalue weighted by atomic mass is 10.1. The fourth-order valence-corrected chi connectivity index (χ4v) is 0.873. The topological polar surface area (TPSA) is 43.1 Å². The number of primary amides is 1. The number of carbonyl (C=O) groups excluding carboxylic acids is 1. The van der Waals surface area contributed by atoms with Crippen molar-refractivity contribution < 1.29 is 9.18 Å². The summed E-state index contributed by atoms with van der Waals surface area (Å²) in [5.41, 5.74) is 5.48. The maximum Gasteiger partial charge on any atom is 0.293 e. The zero-order valence-electron chi connectivity index (χ0n) is 7.10. The molecule has 1 rings (SSSR count). The summed E-state index contributed by atoms with van der Waals surface area (Å²) in [6.45, 7) is 1.63. The molecule has 0 fully saturated rings. The Bertz CT molecular complexity index is 401. The highest BCUT2D eigenvalue weighted by molar-refractivity contribution is 5.92. The highest BCUT2D eigenvalue weighted by Crippen LogP contribution is 2.09. The van der Waals surface area contributed by atoms with E-state index in [0.717, 1.165) is 0 Å². The molecule has 0 saturated carbocycles. The van der Waals surface area contributed by atoms with Gasteiger partial charge in [-0.05, 0) is 18.6 Å². The largest absolute Gasteiger partial charge is 0.359 e. The summed E-state index contributed by atoms with van der Waals surface area (Å²) in [7, 11) is 0. The Morgan fingerprint density at radius 3 is 2.85 bits per heavy atom. The molecule has 66 valence electrons. The molecule has 2 N–H and O–H groups in total. The average Bonchev–Trinajstić information content (AvgIpc) is 2.07. The normalized spacial score (nSPS) is 8.77. The Hall–Kier alpha value is -1.82. The predicted octanol–water partition coefficient (Wildman–Crippen LogP) is 0.971. The molecule has 0 heterocycles. The van der Waals surface area contributed by atoms with Gasteiger partial charge in [-0.3, -0.25) is 4.79 Å². The van der Waals surface area contributed by atoms with Gasteiger partial charge in [-0.1, -0.05) is 18.1 Å². The summed E-state index contributed by atoms with van der Waals surface area (Å²) in [6.07, 6.45) is 0. The van der Waals surface area contributed by atoms with Gasteiger partial charge in [0.2, 0.25) is 0 Å². The van der Waals surface area contributed by atoms with Crippen LogP contribution in [0.15, 0.2) is 18.2 Å². The van der Waals surface area contributed by atoms with E-state index in [-0.39, 0.29) is 5.56 Å². The van der Waals surface area contributed by atoms with Crippen LogP contribution < -0.4 is 5.73 Å². The van der Waals surface area contributed by atoms with Gasteiger partial charge < -0.3 is 5.73 Å². The minimum atomic E-state index is -0.763. The predicted molar refractivity (Wildman–Crippen MR) is 47.2 cm³/mol. The smallest absolute Gasteiger partial charge is 0.293 e. The molecular weight excluding hydrogens is 169 g/mol. The van der Waals surface area contributed by atoms with E-state index in [2.05, 4.69) is 11.8 Å². The van der Waals surface area contributed by atoms with Crippen LogP contribution in [0.3, 0.4) is 0 Å². The van der Waals surface area contributed by atoms with Crippen LogP contribution in [-0.2, 0) is 4.79 Å². The number of carbonyl (C=O) groups is 1. The zero-order valence-corrected chi connectivity index (χ0v) is 7.10. The van der Waals surface area contributed by atoms with E-state index < -0.39 is 11.7 Å². The number of nitrogens with two attached hydrogens (primary N) is 1. The monoisotopic (exact) mass is 177 g/mol. The van der Waals surface area contributed by atoms with E-state index in [1.165, 1.54) is 6.07 Å². The SMILES string of the molecule is Cc1cccc(C#CC(N)=O)c1F. The van der Waals surface area contributed by atoms with Crippen molar-refractivity contribution in [3.05, 3.63) is 35.1 Å². The molecular formula is C10H8FNO. The minimum Gasteiger partial charge on any atom is -0.359 e. The third-order valence-electron chi connectivity index (χ3n) is 1.51. The van der Waals surface area contributed by atoms with Crippen LogP contribution in [-0.4, -0.2) is 5.91 Å². The first-order valence-corrected chi connectivity index (χ1v) is 3.68. The molecule has 13 heavy (non-hydrogen) atoms. The van der Waals surface area contributed by atoms with Crippen LogP contribution in [0.4, 0.5) is 4.39 Å². The molecule has 0 aliphatic heterocycles. The maximum absolute atomic E-state index is 13.2. The van der Waals surface area contributed by atoms with E-state index in [0.29, 0.717) is 5.56 Å². The summed E-state index contributed by atoms with van der Waals surface area (Å²) in [6, 6.07) is 4.80. The second-order valence-electron chi connectivity index (χ2n) is 2.55. The zero-order chi connectivity index (χ0) is 9.84. The van der Waals surface area contributed by atoms with E-state index in [4.69, 9.17) is 5.73 Å². The first-order chi connectivity index (χ1) is 6.11. The average molecular weight is 177 g/mol. The summed E-state index contributed by atoms with van der Waals surface area (Å²) in [4.78, 5) is 10.3. The Balaban J connectivity index is 3.11. The van der Waals surface area contributed by atoms with Gasteiger partial charge in [0.1, 0.15) is 5.82 Å². The van der Waals surface area contributed by atoms with Crippen molar-refractivity contribution in [3.63, 3.8) is 0 Å². The first kappa shape index (κ1) is 9.27. The number of benzene rings is 1. The van der Waals surface area contributed by atoms with Crippen LogP contribution >= 0.6 is 0 Å². The Morgan fingerprint density at radius 1 is 1.54 bits per heavy atom. The van der Waals surface area contributed by atoms with E-state index in [1.807, 2.05) is 0 Å². The summed E-state index contributed by atoms with van der Waals surface area (Å²) in [5.74, 6) is 3.26. The summed E-state index contributed by atoms with van der Waals surface area (Å²) in [5, 5.41) is 0. The van der Waals surface area contributed by atoms with E-state index in [9.17, 15) is 9.18 Å². The van der Waals surface area contributed by atoms with Crippen molar-refractivity contribution >= 4 is 5.91 Å². The number of rotatable bonds is 0. The standard InChI is InChI=1S/C10H8FNO/c1-7-3-2-4-8(10(7)11)5-6-9(12)13/h2-4H,1H3,(H2,12,13). The van der Waals surface area contributed by atoms with Crippen LogP contribution in [0.1, 0.15) is 11.1 Å². The molecule has 1 amide bonds. The Morgan fingerprint density at radius 2 is 2.23 bits per heavy atom. The highest BCUT2D eigenvalue weighted by Gasteiger charge is 2.00. The van der Waals surface area contributed by atoms with Gasteiger partial charge in [-0.2, -0.15) is 0 Å². The fourth-order valence-electron chi connectivity index (χ4n) is 0.873. The maximum atomic E-state index is 13.2. The molecule has 0 unspecified atom stereocenters. The second-order valence-corrected chi connectivity index (χ2v) is 2.55. The number of aryl methyl sites for hydroxylation is 1. The highest BCUT2D eigenvalue weighted by atomic mass is 19.1. The number of halogens is 1. The molecule has 0 atom stereocenters. The van der Waals surface area contributed by atoms with Crippen LogP contribution in [0, 0.1) is 24.6 Å². The van der Waals surface area contributed by atoms with Gasteiger partial charge in [0.25, 0.3) is 5.91 Å². The molecule has 3 heteroatoms. The lowest BCUT2D eigenvalue weighted by Crippen LogP contribution is -2.06. The number of hydrogen-bond donors (Lipinski definition) is 1. The molecule has 0 radical (unpaired) electrons. The van der Waals surface area contributed by atoms with Gasteiger partial charge in [0, 0.05) is 5.92 Å². The Labute approximate surface area is 75.6 Å². The van der Waals surface area contributed by atoms with Crippen LogP contribution in [0.5, 0.6) is 0 Å². The Kier molecular flexibility index (Phi) is 2.65. The summed E-state index contributed by atoms with van der Waals surface area (Å²) >= 11 is 0. The number of amides is 1.